The van der Waals surface area contributed by atoms with Crippen LogP contribution in [0.4, 0.5) is 0 Å². The van der Waals surface area contributed by atoms with Gasteiger partial charge in [-0.1, -0.05) is 127 Å². The average molecular weight is 635 g/mol. The molecule has 9 rings (SSSR count). The van der Waals surface area contributed by atoms with Gasteiger partial charge in [-0.05, 0) is 58.6 Å². The van der Waals surface area contributed by atoms with Gasteiger partial charge in [-0.2, -0.15) is 0 Å². The minimum absolute atomic E-state index is 0.109. The zero-order chi connectivity index (χ0) is 38.7. The number of nitrogens with zero attached hydrogens (tertiary/aromatic N) is 5. The fourth-order valence-electron chi connectivity index (χ4n) is 5.98. The Labute approximate surface area is 293 Å². The lowest BCUT2D eigenvalue weighted by molar-refractivity contribution is 1.07. The molecular weight excluding hydrogens is 599 g/mol. The molecule has 5 nitrogen and oxygen atoms in total. The lowest BCUT2D eigenvalue weighted by Gasteiger charge is -2.10. The van der Waals surface area contributed by atoms with Gasteiger partial charge >= 0.3 is 0 Å². The van der Waals surface area contributed by atoms with Crippen LogP contribution in [0.25, 0.3) is 83.9 Å². The molecule has 9 aromatic rings. The number of aromatic nitrogens is 5. The molecule has 0 radical (unpaired) electrons. The molecule has 0 saturated heterocycles. The number of hydrogen-bond acceptors (Lipinski definition) is 4. The van der Waals surface area contributed by atoms with Gasteiger partial charge in [0.1, 0.15) is 0 Å². The van der Waals surface area contributed by atoms with E-state index in [1.807, 2.05) is 79.0 Å². The van der Waals surface area contributed by atoms with Gasteiger partial charge in [0, 0.05) is 45.5 Å². The maximum Gasteiger partial charge on any atom is 0.164 e. The van der Waals surface area contributed by atoms with E-state index < -0.39 is 12.1 Å². The predicted octanol–water partition coefficient (Wildman–Crippen LogP) is 10.7. The number of hydrogen-bond donors (Lipinski definition) is 0. The number of pyridine rings is 1. The van der Waals surface area contributed by atoms with Crippen molar-refractivity contribution in [3.8, 4) is 62.1 Å². The van der Waals surface area contributed by atoms with Gasteiger partial charge < -0.3 is 4.57 Å². The molecule has 3 heterocycles. The SMILES string of the molecule is [2H]c1c([2H])c([2H])c2c(c1[2H])c1c([2H])c(-c3ccc(-c4nc(-c5ccccc5)nc(-c5ccc(-c6cccnc6)cc5)n4)cc3)c([2H])c([2H])c1n2-c1ccccc1. The summed E-state index contributed by atoms with van der Waals surface area (Å²) in [5, 5.41) is 0.311. The molecule has 0 saturated carbocycles. The molecule has 0 spiro atoms. The fourth-order valence-corrected chi connectivity index (χ4v) is 5.98. The average Bonchev–Trinajstić information content (AvgIpc) is 3.62. The summed E-state index contributed by atoms with van der Waals surface area (Å²) < 4.78 is 64.1. The van der Waals surface area contributed by atoms with Crippen molar-refractivity contribution in [1.29, 1.82) is 0 Å². The molecule has 0 N–H and O–H groups in total. The summed E-state index contributed by atoms with van der Waals surface area (Å²) in [6.07, 6.45) is 3.55. The third-order valence-corrected chi connectivity index (χ3v) is 8.41. The second-order valence-electron chi connectivity index (χ2n) is 11.4. The quantitative estimate of drug-likeness (QED) is 0.183. The summed E-state index contributed by atoms with van der Waals surface area (Å²) in [5.41, 5.74) is 5.84. The number of fused-ring (bicyclic) bond motifs is 3. The Kier molecular flexibility index (Phi) is 5.44. The van der Waals surface area contributed by atoms with Gasteiger partial charge in [-0.15, -0.1) is 0 Å². The van der Waals surface area contributed by atoms with E-state index in [4.69, 9.17) is 20.4 Å². The maximum absolute atomic E-state index is 9.49. The van der Waals surface area contributed by atoms with Crippen molar-refractivity contribution in [2.75, 3.05) is 0 Å². The van der Waals surface area contributed by atoms with Crippen LogP contribution in [0.3, 0.4) is 0 Å². The summed E-state index contributed by atoms with van der Waals surface area (Å²) in [6, 6.07) is 35.6. The van der Waals surface area contributed by atoms with Gasteiger partial charge in [-0.3, -0.25) is 4.98 Å². The Hall–Kier alpha value is -6.72. The third kappa shape index (κ3) is 5.33. The molecule has 0 aliphatic heterocycles. The summed E-state index contributed by atoms with van der Waals surface area (Å²) >= 11 is 0. The first-order chi connectivity index (χ1) is 27.2. The molecule has 3 aromatic heterocycles. The predicted molar refractivity (Wildman–Crippen MR) is 199 cm³/mol. The van der Waals surface area contributed by atoms with E-state index in [0.29, 0.717) is 34.3 Å². The molecule has 0 unspecified atom stereocenters. The summed E-state index contributed by atoms with van der Waals surface area (Å²) in [7, 11) is 0. The van der Waals surface area contributed by atoms with Crippen molar-refractivity contribution < 1.29 is 9.60 Å². The summed E-state index contributed by atoms with van der Waals surface area (Å²) in [6.45, 7) is 0. The second-order valence-corrected chi connectivity index (χ2v) is 11.4. The highest BCUT2D eigenvalue weighted by Crippen LogP contribution is 2.35. The lowest BCUT2D eigenvalue weighted by atomic mass is 10.0. The van der Waals surface area contributed by atoms with E-state index in [1.165, 1.54) is 0 Å². The first-order valence-corrected chi connectivity index (χ1v) is 15.7. The molecule has 0 aliphatic carbocycles. The molecule has 0 fully saturated rings. The zero-order valence-corrected chi connectivity index (χ0v) is 25.9. The van der Waals surface area contributed by atoms with Crippen LogP contribution in [0.15, 0.2) is 176 Å². The minimum Gasteiger partial charge on any atom is -0.309 e. The van der Waals surface area contributed by atoms with Gasteiger partial charge in [0.15, 0.2) is 17.5 Å². The van der Waals surface area contributed by atoms with Gasteiger partial charge in [0.2, 0.25) is 0 Å². The van der Waals surface area contributed by atoms with Crippen molar-refractivity contribution in [2.24, 2.45) is 0 Å². The highest BCUT2D eigenvalue weighted by atomic mass is 15.0. The lowest BCUT2D eigenvalue weighted by Crippen LogP contribution is -2.00. The van der Waals surface area contributed by atoms with Gasteiger partial charge in [0.25, 0.3) is 0 Å². The van der Waals surface area contributed by atoms with E-state index in [0.717, 1.165) is 22.3 Å². The van der Waals surface area contributed by atoms with Crippen molar-refractivity contribution in [2.45, 2.75) is 0 Å². The van der Waals surface area contributed by atoms with Crippen LogP contribution in [0, 0.1) is 0 Å². The topological polar surface area (TPSA) is 56.5 Å². The zero-order valence-electron chi connectivity index (χ0n) is 32.9. The number of rotatable bonds is 6. The third-order valence-electron chi connectivity index (χ3n) is 8.41. The van der Waals surface area contributed by atoms with Gasteiger partial charge in [0.05, 0.1) is 20.6 Å². The Morgan fingerprint density at radius 1 is 0.429 bits per heavy atom. The van der Waals surface area contributed by atoms with Crippen LogP contribution in [0.5, 0.6) is 0 Å². The van der Waals surface area contributed by atoms with E-state index in [-0.39, 0.29) is 57.6 Å². The van der Waals surface area contributed by atoms with Crippen molar-refractivity contribution in [1.82, 2.24) is 24.5 Å². The van der Waals surface area contributed by atoms with Crippen LogP contribution < -0.4 is 0 Å². The standard InChI is InChI=1S/C44H29N5/c1-3-10-32(11-4-1)42-46-43(48-44(47-42)34-23-19-31(20-24-34)36-12-9-27-45-29-36)33-21-17-30(18-22-33)35-25-26-41-39(28-35)38-15-7-8-16-40(38)49(41)37-13-5-2-6-14-37/h1-29H/i7D,8D,15D,16D,25D,26D,28D. The number of benzene rings is 6. The monoisotopic (exact) mass is 634 g/mol. The van der Waals surface area contributed by atoms with Crippen molar-refractivity contribution in [3.63, 3.8) is 0 Å². The second kappa shape index (κ2) is 12.1. The van der Waals surface area contributed by atoms with Crippen LogP contribution in [-0.4, -0.2) is 24.5 Å². The molecular formula is C44H29N5. The minimum atomic E-state index is -0.433. The Morgan fingerprint density at radius 3 is 1.59 bits per heavy atom. The smallest absolute Gasteiger partial charge is 0.164 e. The molecule has 230 valence electrons. The molecule has 0 amide bonds. The molecule has 6 aromatic carbocycles. The normalized spacial score (nSPS) is 13.3. The first kappa shape index (κ1) is 22.0. The molecule has 5 heteroatoms. The van der Waals surface area contributed by atoms with Crippen molar-refractivity contribution in [3.05, 3.63) is 176 Å². The van der Waals surface area contributed by atoms with Crippen LogP contribution in [0.1, 0.15) is 9.60 Å². The highest BCUT2D eigenvalue weighted by molar-refractivity contribution is 6.10. The van der Waals surface area contributed by atoms with E-state index in [2.05, 4.69) is 4.98 Å². The van der Waals surface area contributed by atoms with Gasteiger partial charge in [-0.25, -0.2) is 15.0 Å². The van der Waals surface area contributed by atoms with E-state index in [9.17, 15) is 4.11 Å². The molecule has 0 atom stereocenters. The van der Waals surface area contributed by atoms with Crippen LogP contribution >= 0.6 is 0 Å². The highest BCUT2D eigenvalue weighted by Gasteiger charge is 2.15. The summed E-state index contributed by atoms with van der Waals surface area (Å²) in [4.78, 5) is 18.8. The van der Waals surface area contributed by atoms with Crippen LogP contribution in [0.2, 0.25) is 0 Å². The maximum atomic E-state index is 9.49. The Balaban J connectivity index is 1.19. The Morgan fingerprint density at radius 2 is 0.959 bits per heavy atom. The first-order valence-electron chi connectivity index (χ1n) is 19.2. The van der Waals surface area contributed by atoms with Crippen LogP contribution in [-0.2, 0) is 0 Å². The molecule has 0 bridgehead atoms. The summed E-state index contributed by atoms with van der Waals surface area (Å²) in [5.74, 6) is 1.41. The van der Waals surface area contributed by atoms with E-state index in [1.54, 1.807) is 59.3 Å². The Bertz CT molecular complexity index is 2960. The number of para-hydroxylation sites is 2. The largest absolute Gasteiger partial charge is 0.309 e. The van der Waals surface area contributed by atoms with E-state index >= 15 is 0 Å². The molecule has 49 heavy (non-hydrogen) atoms. The fraction of sp³-hybridized carbons (Fsp3) is 0. The molecule has 0 aliphatic rings. The van der Waals surface area contributed by atoms with Crippen molar-refractivity contribution >= 4 is 21.8 Å².